The van der Waals surface area contributed by atoms with E-state index in [1.54, 1.807) is 6.07 Å². The summed E-state index contributed by atoms with van der Waals surface area (Å²) in [4.78, 5) is 22.7. The fraction of sp³-hybridized carbons (Fsp3) is 0.0909. The van der Waals surface area contributed by atoms with Gasteiger partial charge in [-0.3, -0.25) is 14.9 Å². The van der Waals surface area contributed by atoms with Crippen molar-refractivity contribution in [2.45, 2.75) is 13.5 Å². The summed E-state index contributed by atoms with van der Waals surface area (Å²) < 4.78 is 2.25. The van der Waals surface area contributed by atoms with E-state index in [9.17, 15) is 14.9 Å². The number of aromatic nitrogens is 1. The first kappa shape index (κ1) is 18.4. The summed E-state index contributed by atoms with van der Waals surface area (Å²) in [5, 5.41) is 17.3. The number of para-hydroxylation sites is 2. The van der Waals surface area contributed by atoms with Crippen molar-refractivity contribution in [3.63, 3.8) is 0 Å². The van der Waals surface area contributed by atoms with Crippen LogP contribution in [0.25, 0.3) is 21.8 Å². The van der Waals surface area contributed by atoms with E-state index in [-0.39, 0.29) is 11.3 Å². The molecule has 1 amide bonds. The van der Waals surface area contributed by atoms with Gasteiger partial charge in [0.15, 0.2) is 0 Å². The van der Waals surface area contributed by atoms with Gasteiger partial charge in [-0.1, -0.05) is 36.4 Å². The molecule has 1 N–H and O–H groups in total. The third-order valence-electron chi connectivity index (χ3n) is 4.84. The number of hydrazone groups is 1. The molecule has 0 fully saturated rings. The van der Waals surface area contributed by atoms with Crippen LogP contribution in [0.2, 0.25) is 0 Å². The Morgan fingerprint density at radius 3 is 2.59 bits per heavy atom. The Hall–Kier alpha value is -4.00. The summed E-state index contributed by atoms with van der Waals surface area (Å²) >= 11 is 0. The lowest BCUT2D eigenvalue weighted by Crippen LogP contribution is -2.18. The van der Waals surface area contributed by atoms with Crippen molar-refractivity contribution < 1.29 is 9.72 Å². The molecule has 1 aromatic heterocycles. The highest BCUT2D eigenvalue weighted by Gasteiger charge is 2.18. The van der Waals surface area contributed by atoms with Crippen LogP contribution >= 0.6 is 0 Å². The van der Waals surface area contributed by atoms with Gasteiger partial charge >= 0.3 is 0 Å². The van der Waals surface area contributed by atoms with Crippen LogP contribution in [0.5, 0.6) is 0 Å². The summed E-state index contributed by atoms with van der Waals surface area (Å²) in [6.45, 7) is 2.98. The van der Waals surface area contributed by atoms with Crippen molar-refractivity contribution in [2.24, 2.45) is 5.10 Å². The molecule has 4 aromatic rings. The number of nitro groups is 1. The summed E-state index contributed by atoms with van der Waals surface area (Å²) in [6.07, 6.45) is 1.53. The number of amides is 1. The second kappa shape index (κ2) is 7.55. The third kappa shape index (κ3) is 3.34. The van der Waals surface area contributed by atoms with Gasteiger partial charge in [0.05, 0.1) is 11.1 Å². The molecule has 4 rings (SSSR count). The van der Waals surface area contributed by atoms with E-state index in [4.69, 9.17) is 0 Å². The van der Waals surface area contributed by atoms with E-state index < -0.39 is 10.8 Å². The zero-order chi connectivity index (χ0) is 20.4. The molecule has 0 radical (unpaired) electrons. The molecule has 7 heteroatoms. The van der Waals surface area contributed by atoms with Crippen LogP contribution in [-0.2, 0) is 6.54 Å². The van der Waals surface area contributed by atoms with Crippen molar-refractivity contribution in [3.05, 3.63) is 88.0 Å². The number of carbonyl (C=O) groups is 1. The highest BCUT2D eigenvalue weighted by Crippen LogP contribution is 2.29. The Morgan fingerprint density at radius 1 is 1.07 bits per heavy atom. The average Bonchev–Trinajstić information content (AvgIpc) is 3.06. The second-order valence-electron chi connectivity index (χ2n) is 6.51. The number of hydrogen-bond donors (Lipinski definition) is 1. The standard InChI is InChI=1S/C22H18N4O3/c1-2-25-19-9-5-3-7-16(19)18-13-15(11-12-20(18)25)14-23-24-22(27)17-8-4-6-10-21(17)26(28)29/h3-14H,2H2,1H3,(H,24,27)/b23-14+. The summed E-state index contributed by atoms with van der Waals surface area (Å²) in [5.74, 6) is -0.628. The Balaban J connectivity index is 1.62. The molecule has 0 bridgehead atoms. The van der Waals surface area contributed by atoms with Crippen LogP contribution in [0.4, 0.5) is 5.69 Å². The van der Waals surface area contributed by atoms with Crippen molar-refractivity contribution in [1.29, 1.82) is 0 Å². The van der Waals surface area contributed by atoms with E-state index in [0.717, 1.165) is 28.4 Å². The first-order chi connectivity index (χ1) is 14.1. The topological polar surface area (TPSA) is 89.5 Å². The fourth-order valence-electron chi connectivity index (χ4n) is 3.54. The van der Waals surface area contributed by atoms with Gasteiger partial charge in [-0.2, -0.15) is 5.10 Å². The zero-order valence-electron chi connectivity index (χ0n) is 15.7. The number of nitrogens with zero attached hydrogens (tertiary/aromatic N) is 3. The monoisotopic (exact) mass is 386 g/mol. The SMILES string of the molecule is CCn1c2ccccc2c2cc(/C=N/NC(=O)c3ccccc3[N+](=O)[O-])ccc21. The van der Waals surface area contributed by atoms with Gasteiger partial charge in [-0.25, -0.2) is 5.43 Å². The van der Waals surface area contributed by atoms with Crippen LogP contribution < -0.4 is 5.43 Å². The quantitative estimate of drug-likeness (QED) is 0.311. The lowest BCUT2D eigenvalue weighted by Gasteiger charge is -2.03. The van der Waals surface area contributed by atoms with Crippen molar-refractivity contribution in [2.75, 3.05) is 0 Å². The molecule has 0 atom stereocenters. The van der Waals surface area contributed by atoms with Crippen molar-refractivity contribution in [3.8, 4) is 0 Å². The molecule has 0 saturated heterocycles. The smallest absolute Gasteiger partial charge is 0.282 e. The minimum absolute atomic E-state index is 0.0314. The predicted molar refractivity (Wildman–Crippen MR) is 113 cm³/mol. The van der Waals surface area contributed by atoms with Gasteiger partial charge in [0.1, 0.15) is 5.56 Å². The van der Waals surface area contributed by atoms with Gasteiger partial charge in [0, 0.05) is 34.4 Å². The van der Waals surface area contributed by atoms with Crippen LogP contribution in [0.3, 0.4) is 0 Å². The Bertz CT molecular complexity index is 1270. The van der Waals surface area contributed by atoms with E-state index in [0.29, 0.717) is 0 Å². The van der Waals surface area contributed by atoms with E-state index >= 15 is 0 Å². The maximum atomic E-state index is 12.3. The number of fused-ring (bicyclic) bond motifs is 3. The fourth-order valence-corrected chi connectivity index (χ4v) is 3.54. The molecule has 29 heavy (non-hydrogen) atoms. The zero-order valence-corrected chi connectivity index (χ0v) is 15.7. The third-order valence-corrected chi connectivity index (χ3v) is 4.84. The van der Waals surface area contributed by atoms with Gasteiger partial charge < -0.3 is 4.57 Å². The molecule has 144 valence electrons. The molecule has 0 aliphatic rings. The van der Waals surface area contributed by atoms with Gasteiger partial charge in [0.2, 0.25) is 0 Å². The number of benzene rings is 3. The molecular weight excluding hydrogens is 368 g/mol. The molecule has 7 nitrogen and oxygen atoms in total. The Morgan fingerprint density at radius 2 is 1.79 bits per heavy atom. The van der Waals surface area contributed by atoms with Gasteiger partial charge in [-0.15, -0.1) is 0 Å². The maximum Gasteiger partial charge on any atom is 0.282 e. The molecule has 0 aliphatic heterocycles. The largest absolute Gasteiger partial charge is 0.341 e. The molecule has 0 spiro atoms. The average molecular weight is 386 g/mol. The number of nitrogens with one attached hydrogen (secondary N) is 1. The summed E-state index contributed by atoms with van der Waals surface area (Å²) in [7, 11) is 0. The molecule has 1 heterocycles. The van der Waals surface area contributed by atoms with Crippen molar-refractivity contribution >= 4 is 39.6 Å². The van der Waals surface area contributed by atoms with Crippen LogP contribution in [0.1, 0.15) is 22.8 Å². The Kier molecular flexibility index (Phi) is 4.78. The van der Waals surface area contributed by atoms with E-state index in [1.807, 2.05) is 30.3 Å². The van der Waals surface area contributed by atoms with Crippen LogP contribution in [0.15, 0.2) is 71.8 Å². The predicted octanol–water partition coefficient (Wildman–Crippen LogP) is 4.49. The number of nitro benzene ring substituents is 1. The van der Waals surface area contributed by atoms with Crippen LogP contribution in [-0.4, -0.2) is 21.6 Å². The molecule has 0 unspecified atom stereocenters. The molecule has 3 aromatic carbocycles. The van der Waals surface area contributed by atoms with Gasteiger partial charge in [0.25, 0.3) is 11.6 Å². The highest BCUT2D eigenvalue weighted by molar-refractivity contribution is 6.09. The summed E-state index contributed by atoms with van der Waals surface area (Å²) in [5.41, 5.74) is 5.20. The van der Waals surface area contributed by atoms with Crippen LogP contribution in [0, 0.1) is 10.1 Å². The molecular formula is C22H18N4O3. The lowest BCUT2D eigenvalue weighted by atomic mass is 10.1. The number of aryl methyl sites for hydroxylation is 1. The minimum atomic E-state index is -0.628. The number of carbonyl (C=O) groups excluding carboxylic acids is 1. The van der Waals surface area contributed by atoms with Gasteiger partial charge in [-0.05, 0) is 36.8 Å². The lowest BCUT2D eigenvalue weighted by molar-refractivity contribution is -0.385. The number of rotatable bonds is 5. The minimum Gasteiger partial charge on any atom is -0.341 e. The number of hydrogen-bond acceptors (Lipinski definition) is 4. The maximum absolute atomic E-state index is 12.3. The van der Waals surface area contributed by atoms with Crippen molar-refractivity contribution in [1.82, 2.24) is 9.99 Å². The highest BCUT2D eigenvalue weighted by atomic mass is 16.6. The normalized spacial score (nSPS) is 11.3. The second-order valence-corrected chi connectivity index (χ2v) is 6.51. The molecule has 0 saturated carbocycles. The van der Waals surface area contributed by atoms with E-state index in [1.165, 1.54) is 29.9 Å². The summed E-state index contributed by atoms with van der Waals surface area (Å²) in [6, 6.07) is 20.0. The first-order valence-electron chi connectivity index (χ1n) is 9.18. The first-order valence-corrected chi connectivity index (χ1v) is 9.18. The molecule has 0 aliphatic carbocycles. The van der Waals surface area contributed by atoms with E-state index in [2.05, 4.69) is 34.2 Å². The Labute approximate surface area is 166 Å².